The molecule has 0 aliphatic carbocycles. The molecule has 2 aromatic heterocycles. The van der Waals surface area contributed by atoms with Crippen molar-refractivity contribution in [2.45, 2.75) is 65.0 Å². The van der Waals surface area contributed by atoms with Gasteiger partial charge in [0.05, 0.1) is 19.0 Å². The van der Waals surface area contributed by atoms with Crippen molar-refractivity contribution < 1.29 is 23.0 Å². The minimum absolute atomic E-state index is 0.0455. The van der Waals surface area contributed by atoms with Crippen molar-refractivity contribution in [2.75, 3.05) is 37.5 Å². The number of carbonyl (C=O) groups excluding carboxylic acids is 1. The van der Waals surface area contributed by atoms with Crippen molar-refractivity contribution in [1.29, 1.82) is 0 Å². The highest BCUT2D eigenvalue weighted by atomic mass is 19.1. The fourth-order valence-corrected chi connectivity index (χ4v) is 4.64. The van der Waals surface area contributed by atoms with E-state index in [9.17, 15) is 13.6 Å². The third-order valence-corrected chi connectivity index (χ3v) is 7.04. The zero-order chi connectivity index (χ0) is 29.9. The first kappa shape index (κ1) is 30.0. The zero-order valence-corrected chi connectivity index (χ0v) is 24.7. The third kappa shape index (κ3) is 7.20. The van der Waals surface area contributed by atoms with Crippen LogP contribution in [-0.2, 0) is 4.74 Å². The average molecular weight is 569 g/mol. The normalized spacial score (nSPS) is 14.2. The van der Waals surface area contributed by atoms with Gasteiger partial charge < -0.3 is 24.6 Å². The summed E-state index contributed by atoms with van der Waals surface area (Å²) in [6, 6.07) is 6.69. The zero-order valence-electron chi connectivity index (χ0n) is 24.7. The van der Waals surface area contributed by atoms with Crippen molar-refractivity contribution in [1.82, 2.24) is 19.9 Å². The second-order valence-corrected chi connectivity index (χ2v) is 11.4. The molecule has 0 bridgehead atoms. The van der Waals surface area contributed by atoms with Crippen LogP contribution < -0.4 is 15.0 Å². The summed E-state index contributed by atoms with van der Waals surface area (Å²) in [6.07, 6.45) is 4.17. The fourth-order valence-electron chi connectivity index (χ4n) is 4.64. The second kappa shape index (κ2) is 12.2. The number of benzene rings is 1. The van der Waals surface area contributed by atoms with Gasteiger partial charge in [-0.1, -0.05) is 6.07 Å². The quantitative estimate of drug-likeness (QED) is 0.344. The number of hydrogen-bond acceptors (Lipinski definition) is 8. The first-order valence-corrected chi connectivity index (χ1v) is 13.7. The van der Waals surface area contributed by atoms with Crippen LogP contribution in [0.1, 0.15) is 58.9 Å². The number of ether oxygens (including phenoxy) is 2. The van der Waals surface area contributed by atoms with Crippen molar-refractivity contribution in [3.63, 3.8) is 0 Å². The SMILES string of the molecule is COc1c(F)cc(-c2nc(Nc3ccc(C4CCN(C(=O)OC(C)(C)C)CC4)cn3)ncc2F)cc1N(C)C(C)C. The van der Waals surface area contributed by atoms with Gasteiger partial charge in [0.15, 0.2) is 17.4 Å². The lowest BCUT2D eigenvalue weighted by Crippen LogP contribution is -2.41. The monoisotopic (exact) mass is 568 g/mol. The summed E-state index contributed by atoms with van der Waals surface area (Å²) in [7, 11) is 3.21. The third-order valence-electron chi connectivity index (χ3n) is 7.04. The Bertz CT molecular complexity index is 1370. The smallest absolute Gasteiger partial charge is 0.410 e. The van der Waals surface area contributed by atoms with Crippen LogP contribution in [0.15, 0.2) is 36.7 Å². The van der Waals surface area contributed by atoms with Crippen molar-refractivity contribution in [3.05, 3.63) is 53.9 Å². The topological polar surface area (TPSA) is 92.7 Å². The van der Waals surface area contributed by atoms with E-state index >= 15 is 0 Å². The molecule has 1 fully saturated rings. The summed E-state index contributed by atoms with van der Waals surface area (Å²) >= 11 is 0. The van der Waals surface area contributed by atoms with Gasteiger partial charge in [0.25, 0.3) is 0 Å². The van der Waals surface area contributed by atoms with Gasteiger partial charge in [0.1, 0.15) is 17.1 Å². The van der Waals surface area contributed by atoms with Gasteiger partial charge in [-0.3, -0.25) is 0 Å². The molecule has 1 aliphatic rings. The lowest BCUT2D eigenvalue weighted by Gasteiger charge is -2.33. The molecule has 3 heterocycles. The predicted molar refractivity (Wildman–Crippen MR) is 155 cm³/mol. The summed E-state index contributed by atoms with van der Waals surface area (Å²) in [6.45, 7) is 10.7. The number of nitrogens with zero attached hydrogens (tertiary/aromatic N) is 5. The van der Waals surface area contributed by atoms with Gasteiger partial charge in [0, 0.05) is 37.9 Å². The molecule has 9 nitrogen and oxygen atoms in total. The van der Waals surface area contributed by atoms with E-state index in [2.05, 4.69) is 20.3 Å². The highest BCUT2D eigenvalue weighted by Crippen LogP contribution is 2.37. The van der Waals surface area contributed by atoms with Crippen LogP contribution in [0.2, 0.25) is 0 Å². The van der Waals surface area contributed by atoms with Crippen LogP contribution in [0, 0.1) is 11.6 Å². The Hall–Kier alpha value is -4.02. The number of likely N-dealkylation sites (tertiary alicyclic amines) is 1. The van der Waals surface area contributed by atoms with Crippen LogP contribution >= 0.6 is 0 Å². The number of amides is 1. The van der Waals surface area contributed by atoms with Crippen LogP contribution in [0.3, 0.4) is 0 Å². The van der Waals surface area contributed by atoms with Crippen LogP contribution in [0.25, 0.3) is 11.3 Å². The van der Waals surface area contributed by atoms with E-state index in [1.165, 1.54) is 13.2 Å². The Kier molecular flexibility index (Phi) is 8.94. The summed E-state index contributed by atoms with van der Waals surface area (Å²) in [5, 5.41) is 3.01. The Labute approximate surface area is 239 Å². The van der Waals surface area contributed by atoms with E-state index in [0.29, 0.717) is 24.6 Å². The second-order valence-electron chi connectivity index (χ2n) is 11.4. The average Bonchev–Trinajstić information content (AvgIpc) is 2.92. The number of rotatable bonds is 7. The van der Waals surface area contributed by atoms with Gasteiger partial charge in [-0.15, -0.1) is 0 Å². The van der Waals surface area contributed by atoms with Crippen LogP contribution in [0.5, 0.6) is 5.75 Å². The lowest BCUT2D eigenvalue weighted by molar-refractivity contribution is 0.0205. The van der Waals surface area contributed by atoms with Crippen molar-refractivity contribution >= 4 is 23.5 Å². The van der Waals surface area contributed by atoms with E-state index in [1.54, 1.807) is 17.2 Å². The molecule has 0 unspecified atom stereocenters. The van der Waals surface area contributed by atoms with E-state index in [4.69, 9.17) is 9.47 Å². The number of hydrogen-bond donors (Lipinski definition) is 1. The molecule has 0 radical (unpaired) electrons. The molecular weight excluding hydrogens is 530 g/mol. The first-order valence-electron chi connectivity index (χ1n) is 13.7. The summed E-state index contributed by atoms with van der Waals surface area (Å²) < 4.78 is 40.5. The van der Waals surface area contributed by atoms with Gasteiger partial charge in [-0.2, -0.15) is 0 Å². The van der Waals surface area contributed by atoms with E-state index < -0.39 is 17.2 Å². The van der Waals surface area contributed by atoms with Crippen LogP contribution in [-0.4, -0.2) is 64.8 Å². The maximum Gasteiger partial charge on any atom is 0.410 e. The summed E-state index contributed by atoms with van der Waals surface area (Å²) in [5.41, 5.74) is 1.24. The molecule has 220 valence electrons. The van der Waals surface area contributed by atoms with Gasteiger partial charge in [-0.05, 0) is 77.1 Å². The van der Waals surface area contributed by atoms with Crippen molar-refractivity contribution in [3.8, 4) is 17.0 Å². The number of methoxy groups -OCH3 is 1. The number of halogens is 2. The maximum atomic E-state index is 14.9. The molecular formula is C30H38F2N6O3. The standard InChI is InChI=1S/C30H38F2N6O3/c1-18(2)37(6)24-15-21(14-22(31)27(24)40-7)26-23(32)17-34-28(36-26)35-25-9-8-20(16-33-25)19-10-12-38(13-11-19)29(39)41-30(3,4)5/h8-9,14-19H,10-13H2,1-7H3,(H,33,34,35,36). The molecule has 0 spiro atoms. The molecule has 3 aromatic rings. The van der Waals surface area contributed by atoms with Gasteiger partial charge >= 0.3 is 6.09 Å². The Morgan fingerprint density at radius 3 is 2.39 bits per heavy atom. The van der Waals surface area contributed by atoms with E-state index in [0.717, 1.165) is 24.6 Å². The molecule has 0 atom stereocenters. The lowest BCUT2D eigenvalue weighted by atomic mass is 9.90. The number of nitrogens with one attached hydrogen (secondary N) is 1. The van der Waals surface area contributed by atoms with E-state index in [-0.39, 0.29) is 41.0 Å². The molecule has 11 heteroatoms. The molecule has 1 saturated heterocycles. The molecule has 1 aliphatic heterocycles. The number of pyridine rings is 1. The van der Waals surface area contributed by atoms with Crippen LogP contribution in [0.4, 0.5) is 31.0 Å². The molecule has 1 amide bonds. The predicted octanol–water partition coefficient (Wildman–Crippen LogP) is 6.53. The van der Waals surface area contributed by atoms with Crippen molar-refractivity contribution in [2.24, 2.45) is 0 Å². The highest BCUT2D eigenvalue weighted by molar-refractivity contribution is 5.72. The fraction of sp³-hybridized carbons (Fsp3) is 0.467. The summed E-state index contributed by atoms with van der Waals surface area (Å²) in [5.74, 6) is -0.334. The molecule has 0 saturated carbocycles. The van der Waals surface area contributed by atoms with Gasteiger partial charge in [-0.25, -0.2) is 28.5 Å². The molecule has 1 N–H and O–H groups in total. The number of anilines is 3. The number of aromatic nitrogens is 3. The maximum absolute atomic E-state index is 14.9. The summed E-state index contributed by atoms with van der Waals surface area (Å²) in [4.78, 5) is 28.8. The minimum atomic E-state index is -0.681. The Morgan fingerprint density at radius 1 is 1.10 bits per heavy atom. The minimum Gasteiger partial charge on any atom is -0.492 e. The highest BCUT2D eigenvalue weighted by Gasteiger charge is 2.27. The molecule has 4 rings (SSSR count). The number of piperidine rings is 1. The van der Waals surface area contributed by atoms with E-state index in [1.807, 2.05) is 58.7 Å². The number of carbonyl (C=O) groups is 1. The Balaban J connectivity index is 1.47. The Morgan fingerprint density at radius 2 is 1.80 bits per heavy atom. The molecule has 1 aromatic carbocycles. The van der Waals surface area contributed by atoms with Gasteiger partial charge in [0.2, 0.25) is 5.95 Å². The first-order chi connectivity index (χ1) is 19.4. The molecule has 41 heavy (non-hydrogen) atoms. The largest absolute Gasteiger partial charge is 0.492 e.